The minimum atomic E-state index is 0.552. The second kappa shape index (κ2) is 5.90. The molecule has 0 aliphatic carbocycles. The third-order valence-electron chi connectivity index (χ3n) is 3.34. The number of rotatable bonds is 4. The fourth-order valence-corrected chi connectivity index (χ4v) is 2.12. The van der Waals surface area contributed by atoms with Crippen LogP contribution in [0.4, 0.5) is 17.3 Å². The Kier molecular flexibility index (Phi) is 4.23. The summed E-state index contributed by atoms with van der Waals surface area (Å²) < 4.78 is 0. The van der Waals surface area contributed by atoms with Gasteiger partial charge in [0.05, 0.1) is 0 Å². The second-order valence-electron chi connectivity index (χ2n) is 5.19. The van der Waals surface area contributed by atoms with E-state index in [0.717, 1.165) is 35.7 Å². The lowest BCUT2D eigenvalue weighted by Gasteiger charge is -2.14. The average molecular weight is 270 g/mol. The van der Waals surface area contributed by atoms with E-state index in [9.17, 15) is 0 Å². The van der Waals surface area contributed by atoms with Crippen molar-refractivity contribution in [3.05, 3.63) is 40.7 Å². The Hall–Kier alpha value is -2.10. The van der Waals surface area contributed by atoms with E-state index in [-0.39, 0.29) is 0 Å². The molecule has 0 aliphatic rings. The lowest BCUT2D eigenvalue weighted by molar-refractivity contribution is 0.836. The number of aryl methyl sites for hydroxylation is 3. The molecule has 0 saturated heterocycles. The van der Waals surface area contributed by atoms with Crippen LogP contribution in [0.25, 0.3) is 0 Å². The van der Waals surface area contributed by atoms with E-state index in [1.54, 1.807) is 0 Å². The number of nitrogens with two attached hydrogens (primary N) is 1. The first-order valence-electron chi connectivity index (χ1n) is 6.98. The Labute approximate surface area is 120 Å². The molecule has 0 spiro atoms. The van der Waals surface area contributed by atoms with Crippen LogP contribution < -0.4 is 11.1 Å². The molecule has 4 nitrogen and oxygen atoms in total. The Morgan fingerprint density at radius 1 is 1.15 bits per heavy atom. The van der Waals surface area contributed by atoms with E-state index in [1.807, 2.05) is 6.92 Å². The third-order valence-corrected chi connectivity index (χ3v) is 3.34. The van der Waals surface area contributed by atoms with Gasteiger partial charge in [-0.05, 0) is 38.8 Å². The first-order valence-corrected chi connectivity index (χ1v) is 6.98. The van der Waals surface area contributed by atoms with Gasteiger partial charge in [0.15, 0.2) is 0 Å². The minimum Gasteiger partial charge on any atom is -0.383 e. The van der Waals surface area contributed by atoms with Gasteiger partial charge in [-0.25, -0.2) is 9.97 Å². The summed E-state index contributed by atoms with van der Waals surface area (Å²) in [5.41, 5.74) is 10.4. The summed E-state index contributed by atoms with van der Waals surface area (Å²) in [5, 5.41) is 3.38. The molecule has 106 valence electrons. The monoisotopic (exact) mass is 270 g/mol. The standard InChI is InChI=1S/C16H22N4/c1-5-6-14-19-15(17)12(4)16(20-14)18-13-8-7-10(2)9-11(13)3/h7-9H,5-6H2,1-4H3,(H3,17,18,19,20). The van der Waals surface area contributed by atoms with Crippen LogP contribution >= 0.6 is 0 Å². The molecule has 0 saturated carbocycles. The highest BCUT2D eigenvalue weighted by Gasteiger charge is 2.09. The Bertz CT molecular complexity index is 620. The molecule has 20 heavy (non-hydrogen) atoms. The van der Waals surface area contributed by atoms with E-state index in [2.05, 4.69) is 54.3 Å². The van der Waals surface area contributed by atoms with Crippen LogP contribution in [0.5, 0.6) is 0 Å². The van der Waals surface area contributed by atoms with Crippen molar-refractivity contribution in [1.29, 1.82) is 0 Å². The number of nitrogens with zero attached hydrogens (tertiary/aromatic N) is 2. The average Bonchev–Trinajstić information content (AvgIpc) is 2.39. The van der Waals surface area contributed by atoms with Crippen molar-refractivity contribution in [2.75, 3.05) is 11.1 Å². The summed E-state index contributed by atoms with van der Waals surface area (Å²) >= 11 is 0. The maximum absolute atomic E-state index is 5.98. The maximum Gasteiger partial charge on any atom is 0.139 e. The van der Waals surface area contributed by atoms with Crippen LogP contribution in [-0.4, -0.2) is 9.97 Å². The zero-order chi connectivity index (χ0) is 14.7. The van der Waals surface area contributed by atoms with E-state index >= 15 is 0 Å². The SMILES string of the molecule is CCCc1nc(N)c(C)c(Nc2ccc(C)cc2C)n1. The van der Waals surface area contributed by atoms with Crippen LogP contribution in [0.1, 0.15) is 35.9 Å². The number of hydrogen-bond donors (Lipinski definition) is 2. The van der Waals surface area contributed by atoms with Crippen molar-refractivity contribution >= 4 is 17.3 Å². The van der Waals surface area contributed by atoms with Crippen LogP contribution in [-0.2, 0) is 6.42 Å². The molecule has 0 unspecified atom stereocenters. The molecular weight excluding hydrogens is 248 g/mol. The molecule has 0 fully saturated rings. The number of anilines is 3. The molecule has 1 aromatic carbocycles. The number of benzene rings is 1. The van der Waals surface area contributed by atoms with Gasteiger partial charge in [-0.1, -0.05) is 24.6 Å². The molecule has 0 atom stereocenters. The third kappa shape index (κ3) is 3.07. The van der Waals surface area contributed by atoms with Crippen molar-refractivity contribution in [3.8, 4) is 0 Å². The van der Waals surface area contributed by atoms with Crippen molar-refractivity contribution in [1.82, 2.24) is 9.97 Å². The molecule has 0 radical (unpaired) electrons. The summed E-state index contributed by atoms with van der Waals surface area (Å²) in [4.78, 5) is 8.91. The summed E-state index contributed by atoms with van der Waals surface area (Å²) in [6, 6.07) is 6.30. The molecule has 4 heteroatoms. The predicted molar refractivity (Wildman–Crippen MR) is 84.4 cm³/mol. The number of aromatic nitrogens is 2. The number of hydrogen-bond acceptors (Lipinski definition) is 4. The van der Waals surface area contributed by atoms with Gasteiger partial charge in [-0.3, -0.25) is 0 Å². The highest BCUT2D eigenvalue weighted by atomic mass is 15.1. The lowest BCUT2D eigenvalue weighted by atomic mass is 10.1. The topological polar surface area (TPSA) is 63.8 Å². The fourth-order valence-electron chi connectivity index (χ4n) is 2.12. The Morgan fingerprint density at radius 2 is 1.90 bits per heavy atom. The van der Waals surface area contributed by atoms with Gasteiger partial charge in [0.2, 0.25) is 0 Å². The molecular formula is C16H22N4. The minimum absolute atomic E-state index is 0.552. The predicted octanol–water partition coefficient (Wildman–Crippen LogP) is 3.68. The van der Waals surface area contributed by atoms with Gasteiger partial charge in [-0.2, -0.15) is 0 Å². The largest absolute Gasteiger partial charge is 0.383 e. The molecule has 2 aromatic rings. The van der Waals surface area contributed by atoms with Gasteiger partial charge in [0.1, 0.15) is 17.5 Å². The van der Waals surface area contributed by atoms with Crippen molar-refractivity contribution in [3.63, 3.8) is 0 Å². The van der Waals surface area contributed by atoms with Crippen molar-refractivity contribution in [2.24, 2.45) is 0 Å². The van der Waals surface area contributed by atoms with Crippen LogP contribution in [0.3, 0.4) is 0 Å². The summed E-state index contributed by atoms with van der Waals surface area (Å²) in [6.07, 6.45) is 1.84. The van der Waals surface area contributed by atoms with E-state index in [0.29, 0.717) is 5.82 Å². The molecule has 3 N–H and O–H groups in total. The molecule has 0 aliphatic heterocycles. The van der Waals surface area contributed by atoms with Crippen LogP contribution in [0, 0.1) is 20.8 Å². The zero-order valence-corrected chi connectivity index (χ0v) is 12.6. The second-order valence-corrected chi connectivity index (χ2v) is 5.19. The fraction of sp³-hybridized carbons (Fsp3) is 0.375. The normalized spacial score (nSPS) is 10.6. The van der Waals surface area contributed by atoms with Gasteiger partial charge >= 0.3 is 0 Å². The van der Waals surface area contributed by atoms with Crippen molar-refractivity contribution < 1.29 is 0 Å². The molecule has 2 rings (SSSR count). The molecule has 0 bridgehead atoms. The number of nitrogen functional groups attached to an aromatic ring is 1. The van der Waals surface area contributed by atoms with E-state index < -0.39 is 0 Å². The van der Waals surface area contributed by atoms with Crippen LogP contribution in [0.15, 0.2) is 18.2 Å². The number of nitrogens with one attached hydrogen (secondary N) is 1. The molecule has 1 aromatic heterocycles. The molecule has 0 amide bonds. The zero-order valence-electron chi connectivity index (χ0n) is 12.6. The highest BCUT2D eigenvalue weighted by molar-refractivity contribution is 5.66. The Morgan fingerprint density at radius 3 is 2.55 bits per heavy atom. The van der Waals surface area contributed by atoms with E-state index in [4.69, 9.17) is 5.73 Å². The van der Waals surface area contributed by atoms with Crippen molar-refractivity contribution in [2.45, 2.75) is 40.5 Å². The smallest absolute Gasteiger partial charge is 0.139 e. The lowest BCUT2D eigenvalue weighted by Crippen LogP contribution is -2.07. The first kappa shape index (κ1) is 14.3. The Balaban J connectivity index is 2.37. The maximum atomic E-state index is 5.98. The van der Waals surface area contributed by atoms with Gasteiger partial charge < -0.3 is 11.1 Å². The van der Waals surface area contributed by atoms with Crippen LogP contribution in [0.2, 0.25) is 0 Å². The first-order chi connectivity index (χ1) is 9.51. The van der Waals surface area contributed by atoms with Gasteiger partial charge in [-0.15, -0.1) is 0 Å². The summed E-state index contributed by atoms with van der Waals surface area (Å²) in [6.45, 7) is 8.22. The van der Waals surface area contributed by atoms with Gasteiger partial charge in [0.25, 0.3) is 0 Å². The molecule has 1 heterocycles. The van der Waals surface area contributed by atoms with E-state index in [1.165, 1.54) is 11.1 Å². The van der Waals surface area contributed by atoms with Gasteiger partial charge in [0, 0.05) is 17.7 Å². The quantitative estimate of drug-likeness (QED) is 0.889. The summed E-state index contributed by atoms with van der Waals surface area (Å²) in [7, 11) is 0. The highest BCUT2D eigenvalue weighted by Crippen LogP contribution is 2.25. The summed E-state index contributed by atoms with van der Waals surface area (Å²) in [5.74, 6) is 2.14.